The quantitative estimate of drug-likeness (QED) is 0.780. The Morgan fingerprint density at radius 1 is 1.20 bits per heavy atom. The third-order valence-corrected chi connectivity index (χ3v) is 4.93. The monoisotopic (exact) mass is 387 g/mol. The molecular formula is C14H14INO4. The molecule has 2 N–H and O–H groups in total. The van der Waals surface area contributed by atoms with Gasteiger partial charge in [0.15, 0.2) is 0 Å². The second kappa shape index (κ2) is 5.33. The molecule has 5 nitrogen and oxygen atoms in total. The lowest BCUT2D eigenvalue weighted by atomic mass is 9.78. The number of aliphatic carboxylic acids is 1. The van der Waals surface area contributed by atoms with E-state index in [1.807, 2.05) is 24.3 Å². The van der Waals surface area contributed by atoms with Crippen LogP contribution in [-0.2, 0) is 14.3 Å². The molecule has 2 bridgehead atoms. The normalized spacial score (nSPS) is 31.2. The molecular weight excluding hydrogens is 373 g/mol. The average Bonchev–Trinajstić information content (AvgIpc) is 3.01. The van der Waals surface area contributed by atoms with Crippen molar-refractivity contribution in [1.29, 1.82) is 0 Å². The van der Waals surface area contributed by atoms with Crippen molar-refractivity contribution >= 4 is 40.2 Å². The van der Waals surface area contributed by atoms with E-state index in [0.29, 0.717) is 5.69 Å². The molecule has 4 atom stereocenters. The van der Waals surface area contributed by atoms with Gasteiger partial charge >= 0.3 is 5.97 Å². The summed E-state index contributed by atoms with van der Waals surface area (Å²) in [5, 5.41) is 12.1. The van der Waals surface area contributed by atoms with E-state index < -0.39 is 17.8 Å². The molecule has 0 spiro atoms. The van der Waals surface area contributed by atoms with Crippen molar-refractivity contribution < 1.29 is 19.4 Å². The second-order valence-corrected chi connectivity index (χ2v) is 6.31. The first-order valence-electron chi connectivity index (χ1n) is 6.51. The zero-order valence-electron chi connectivity index (χ0n) is 10.6. The molecule has 0 aromatic heterocycles. The summed E-state index contributed by atoms with van der Waals surface area (Å²) in [6, 6.07) is 7.42. The van der Waals surface area contributed by atoms with Crippen molar-refractivity contribution in [3.05, 3.63) is 27.8 Å². The number of amides is 1. The number of carbonyl (C=O) groups is 2. The predicted octanol–water partition coefficient (Wildman–Crippen LogP) is 2.11. The van der Waals surface area contributed by atoms with Crippen LogP contribution in [0.15, 0.2) is 24.3 Å². The number of benzene rings is 1. The summed E-state index contributed by atoms with van der Waals surface area (Å²) in [6.07, 6.45) is 0.915. The van der Waals surface area contributed by atoms with Crippen LogP contribution in [0.2, 0.25) is 0 Å². The van der Waals surface area contributed by atoms with Crippen LogP contribution in [-0.4, -0.2) is 29.2 Å². The predicted molar refractivity (Wildman–Crippen MR) is 80.3 cm³/mol. The van der Waals surface area contributed by atoms with Crippen molar-refractivity contribution in [1.82, 2.24) is 0 Å². The number of rotatable bonds is 3. The summed E-state index contributed by atoms with van der Waals surface area (Å²) in [6.45, 7) is 0. The smallest absolute Gasteiger partial charge is 0.310 e. The summed E-state index contributed by atoms with van der Waals surface area (Å²) in [5.74, 6) is -2.52. The highest BCUT2D eigenvalue weighted by Crippen LogP contribution is 2.44. The number of anilines is 1. The first kappa shape index (κ1) is 13.8. The van der Waals surface area contributed by atoms with Crippen LogP contribution in [0.5, 0.6) is 0 Å². The Bertz CT molecular complexity index is 562. The van der Waals surface area contributed by atoms with E-state index in [1.54, 1.807) is 0 Å². The van der Waals surface area contributed by atoms with Gasteiger partial charge in [-0.25, -0.2) is 0 Å². The van der Waals surface area contributed by atoms with Crippen molar-refractivity contribution in [2.24, 2.45) is 11.8 Å². The van der Waals surface area contributed by atoms with Gasteiger partial charge in [0, 0.05) is 3.57 Å². The second-order valence-electron chi connectivity index (χ2n) is 5.15. The van der Waals surface area contributed by atoms with E-state index in [4.69, 9.17) is 4.74 Å². The van der Waals surface area contributed by atoms with E-state index in [-0.39, 0.29) is 18.1 Å². The Kier molecular flexibility index (Phi) is 3.68. The van der Waals surface area contributed by atoms with Gasteiger partial charge in [-0.15, -0.1) is 0 Å². The van der Waals surface area contributed by atoms with Crippen molar-refractivity contribution in [2.75, 3.05) is 5.32 Å². The van der Waals surface area contributed by atoms with Crippen LogP contribution in [0, 0.1) is 15.4 Å². The van der Waals surface area contributed by atoms with Crippen LogP contribution in [0.1, 0.15) is 12.8 Å². The minimum Gasteiger partial charge on any atom is -0.481 e. The van der Waals surface area contributed by atoms with Gasteiger partial charge in [-0.2, -0.15) is 0 Å². The number of carbonyl (C=O) groups excluding carboxylic acids is 1. The zero-order valence-corrected chi connectivity index (χ0v) is 12.7. The molecule has 2 aliphatic rings. The van der Waals surface area contributed by atoms with Gasteiger partial charge in [0.05, 0.1) is 29.7 Å². The molecule has 0 unspecified atom stereocenters. The van der Waals surface area contributed by atoms with Crippen molar-refractivity contribution in [2.45, 2.75) is 25.0 Å². The van der Waals surface area contributed by atoms with Gasteiger partial charge in [-0.3, -0.25) is 9.59 Å². The highest BCUT2D eigenvalue weighted by molar-refractivity contribution is 14.1. The zero-order chi connectivity index (χ0) is 14.3. The molecule has 1 aromatic carbocycles. The molecule has 2 aliphatic heterocycles. The number of ether oxygens (including phenoxy) is 1. The molecule has 2 fully saturated rings. The van der Waals surface area contributed by atoms with Gasteiger partial charge in [0.2, 0.25) is 5.91 Å². The van der Waals surface area contributed by atoms with Gasteiger partial charge in [0.25, 0.3) is 0 Å². The lowest BCUT2D eigenvalue weighted by Gasteiger charge is -2.24. The van der Waals surface area contributed by atoms with E-state index >= 15 is 0 Å². The topological polar surface area (TPSA) is 75.6 Å². The molecule has 1 aromatic rings. The minimum absolute atomic E-state index is 0.256. The molecule has 2 heterocycles. The van der Waals surface area contributed by atoms with Crippen LogP contribution >= 0.6 is 22.6 Å². The van der Waals surface area contributed by atoms with Gasteiger partial charge in [-0.05, 0) is 47.6 Å². The molecule has 2 saturated heterocycles. The number of halogens is 1. The summed E-state index contributed by atoms with van der Waals surface area (Å²) in [5.41, 5.74) is 0.713. The van der Waals surface area contributed by atoms with Crippen LogP contribution in [0.25, 0.3) is 0 Å². The Morgan fingerprint density at radius 3 is 2.50 bits per heavy atom. The third kappa shape index (κ3) is 2.31. The number of carboxylic acids is 1. The van der Waals surface area contributed by atoms with E-state index in [9.17, 15) is 14.7 Å². The summed E-state index contributed by atoms with van der Waals surface area (Å²) in [7, 11) is 0. The van der Waals surface area contributed by atoms with Gasteiger partial charge < -0.3 is 15.2 Å². The molecule has 0 aliphatic carbocycles. The van der Waals surface area contributed by atoms with Crippen molar-refractivity contribution in [3.8, 4) is 0 Å². The first-order valence-corrected chi connectivity index (χ1v) is 7.59. The Labute approximate surface area is 129 Å². The third-order valence-electron chi connectivity index (χ3n) is 3.99. The summed E-state index contributed by atoms with van der Waals surface area (Å²) < 4.78 is 6.53. The lowest BCUT2D eigenvalue weighted by Crippen LogP contribution is -2.41. The van der Waals surface area contributed by atoms with Crippen LogP contribution < -0.4 is 5.32 Å². The number of hydrogen-bond acceptors (Lipinski definition) is 3. The maximum absolute atomic E-state index is 12.4. The highest BCUT2D eigenvalue weighted by atomic mass is 127. The highest BCUT2D eigenvalue weighted by Gasteiger charge is 2.55. The lowest BCUT2D eigenvalue weighted by molar-refractivity contribution is -0.147. The SMILES string of the molecule is O=C(O)[C@@H]1[C@H](C(=O)Nc2ccccc2I)[C@H]2CC[C@@H]1O2. The van der Waals surface area contributed by atoms with E-state index in [1.165, 1.54) is 0 Å². The molecule has 1 amide bonds. The Balaban J connectivity index is 1.80. The number of hydrogen-bond donors (Lipinski definition) is 2. The van der Waals surface area contributed by atoms with Gasteiger partial charge in [0.1, 0.15) is 0 Å². The number of fused-ring (bicyclic) bond motifs is 2. The maximum Gasteiger partial charge on any atom is 0.310 e. The largest absolute Gasteiger partial charge is 0.481 e. The molecule has 20 heavy (non-hydrogen) atoms. The first-order chi connectivity index (χ1) is 9.58. The fraction of sp³-hybridized carbons (Fsp3) is 0.429. The number of carboxylic acid groups (broad SMARTS) is 1. The minimum atomic E-state index is -0.944. The van der Waals surface area contributed by atoms with E-state index in [0.717, 1.165) is 16.4 Å². The van der Waals surface area contributed by atoms with Crippen LogP contribution in [0.3, 0.4) is 0 Å². The molecule has 106 valence electrons. The average molecular weight is 387 g/mol. The Hall–Kier alpha value is -1.15. The number of para-hydroxylation sites is 1. The molecule has 6 heteroatoms. The maximum atomic E-state index is 12.4. The van der Waals surface area contributed by atoms with Crippen molar-refractivity contribution in [3.63, 3.8) is 0 Å². The summed E-state index contributed by atoms with van der Waals surface area (Å²) >= 11 is 2.14. The summed E-state index contributed by atoms with van der Waals surface area (Å²) in [4.78, 5) is 23.8. The molecule has 0 saturated carbocycles. The standard InChI is InChI=1S/C14H14INO4/c15-7-3-1-2-4-8(7)16-13(17)11-9-5-6-10(20-9)12(11)14(18)19/h1-4,9-12H,5-6H2,(H,16,17)(H,18,19)/t9-,10+,11-,12+/m1/s1. The number of nitrogens with one attached hydrogen (secondary N) is 1. The fourth-order valence-corrected chi connectivity index (χ4v) is 3.63. The molecule has 3 rings (SSSR count). The molecule has 0 radical (unpaired) electrons. The van der Waals surface area contributed by atoms with Gasteiger partial charge in [-0.1, -0.05) is 12.1 Å². The Morgan fingerprint density at radius 2 is 1.85 bits per heavy atom. The van der Waals surface area contributed by atoms with E-state index in [2.05, 4.69) is 27.9 Å². The fourth-order valence-electron chi connectivity index (χ4n) is 3.10. The van der Waals surface area contributed by atoms with Crippen LogP contribution in [0.4, 0.5) is 5.69 Å².